The van der Waals surface area contributed by atoms with Gasteiger partial charge in [0, 0.05) is 30.1 Å². The average molecular weight is 517 g/mol. The van der Waals surface area contributed by atoms with E-state index in [9.17, 15) is 0 Å². The van der Waals surface area contributed by atoms with E-state index < -0.39 is 0 Å². The average Bonchev–Trinajstić information content (AvgIpc) is 3.72. The first-order chi connectivity index (χ1) is 19.2. The molecule has 0 saturated carbocycles. The van der Waals surface area contributed by atoms with Crippen molar-refractivity contribution < 1.29 is 4.74 Å². The van der Waals surface area contributed by atoms with Gasteiger partial charge in [0.2, 0.25) is 0 Å². The molecule has 6 aromatic rings. The Bertz CT molecular complexity index is 1780. The van der Waals surface area contributed by atoms with Gasteiger partial charge in [0.15, 0.2) is 11.5 Å². The van der Waals surface area contributed by atoms with Crippen molar-refractivity contribution in [2.75, 3.05) is 26.2 Å². The number of aromatic amines is 2. The summed E-state index contributed by atoms with van der Waals surface area (Å²) < 4.78 is 6.01. The quantitative estimate of drug-likeness (QED) is 0.292. The Labute approximate surface area is 225 Å². The molecule has 0 bridgehead atoms. The smallest absolute Gasteiger partial charge is 0.161 e. The van der Waals surface area contributed by atoms with E-state index in [0.717, 1.165) is 69.8 Å². The lowest BCUT2D eigenvalue weighted by Crippen LogP contribution is -2.25. The minimum absolute atomic E-state index is 0.639. The van der Waals surface area contributed by atoms with Crippen LogP contribution in [0.5, 0.6) is 5.75 Å². The van der Waals surface area contributed by atoms with Crippen LogP contribution in [0.3, 0.4) is 0 Å². The molecule has 9 nitrogen and oxygen atoms in total. The van der Waals surface area contributed by atoms with E-state index in [1.165, 1.54) is 18.4 Å². The molecule has 7 rings (SSSR count). The Morgan fingerprint density at radius 2 is 1.77 bits per heavy atom. The number of pyridine rings is 3. The normalized spacial score (nSPS) is 14.0. The summed E-state index contributed by atoms with van der Waals surface area (Å²) in [5.74, 6) is 1.38. The third kappa shape index (κ3) is 4.61. The third-order valence-electron chi connectivity index (χ3n) is 7.24. The Morgan fingerprint density at radius 1 is 0.872 bits per heavy atom. The third-order valence-corrected chi connectivity index (χ3v) is 7.24. The van der Waals surface area contributed by atoms with E-state index >= 15 is 0 Å². The number of aryl methyl sites for hydroxylation is 1. The zero-order valence-electron chi connectivity index (χ0n) is 21.7. The SMILES string of the molecule is Cc1cccc(-c2cncc3[nH]c(-c4n[nH]c5ccc(-c6cncc(OCCN7CCCC7)c6)nc45)nc23)c1. The van der Waals surface area contributed by atoms with Crippen LogP contribution in [0.2, 0.25) is 0 Å². The maximum absolute atomic E-state index is 6.01. The number of hydrogen-bond acceptors (Lipinski definition) is 7. The summed E-state index contributed by atoms with van der Waals surface area (Å²) in [7, 11) is 0. The highest BCUT2D eigenvalue weighted by Gasteiger charge is 2.17. The summed E-state index contributed by atoms with van der Waals surface area (Å²) in [6.45, 7) is 5.99. The molecule has 2 N–H and O–H groups in total. The summed E-state index contributed by atoms with van der Waals surface area (Å²) in [4.78, 5) is 24.6. The van der Waals surface area contributed by atoms with Gasteiger partial charge in [-0.2, -0.15) is 5.10 Å². The molecular formula is C30H28N8O. The predicted molar refractivity (Wildman–Crippen MR) is 151 cm³/mol. The van der Waals surface area contributed by atoms with Gasteiger partial charge >= 0.3 is 0 Å². The fraction of sp³-hybridized carbons (Fsp3) is 0.233. The zero-order valence-corrected chi connectivity index (χ0v) is 21.7. The Balaban J connectivity index is 1.20. The lowest BCUT2D eigenvalue weighted by Gasteiger charge is -2.15. The number of benzene rings is 1. The van der Waals surface area contributed by atoms with Crippen LogP contribution in [0.4, 0.5) is 0 Å². The second kappa shape index (κ2) is 9.92. The van der Waals surface area contributed by atoms with Crippen molar-refractivity contribution in [3.8, 4) is 39.7 Å². The summed E-state index contributed by atoms with van der Waals surface area (Å²) in [5.41, 5.74) is 8.83. The molecule has 0 spiro atoms. The van der Waals surface area contributed by atoms with Gasteiger partial charge < -0.3 is 9.72 Å². The van der Waals surface area contributed by atoms with Crippen LogP contribution in [-0.4, -0.2) is 66.3 Å². The van der Waals surface area contributed by atoms with Crippen LogP contribution in [0, 0.1) is 6.92 Å². The van der Waals surface area contributed by atoms with Gasteiger partial charge in [0.05, 0.1) is 34.6 Å². The fourth-order valence-corrected chi connectivity index (χ4v) is 5.23. The van der Waals surface area contributed by atoms with Crippen molar-refractivity contribution in [1.82, 2.24) is 40.0 Å². The van der Waals surface area contributed by atoms with Gasteiger partial charge in [0.25, 0.3) is 0 Å². The first-order valence-corrected chi connectivity index (χ1v) is 13.3. The maximum Gasteiger partial charge on any atom is 0.161 e. The maximum atomic E-state index is 6.01. The molecule has 0 unspecified atom stereocenters. The van der Waals surface area contributed by atoms with E-state index in [2.05, 4.69) is 55.2 Å². The lowest BCUT2D eigenvalue weighted by atomic mass is 10.0. The molecular weight excluding hydrogens is 488 g/mol. The molecule has 39 heavy (non-hydrogen) atoms. The number of hydrogen-bond donors (Lipinski definition) is 2. The molecule has 0 radical (unpaired) electrons. The molecule has 6 heterocycles. The topological polar surface area (TPSA) is 108 Å². The molecule has 1 fully saturated rings. The molecule has 0 atom stereocenters. The zero-order chi connectivity index (χ0) is 26.2. The molecule has 1 saturated heterocycles. The number of nitrogens with one attached hydrogen (secondary N) is 2. The molecule has 194 valence electrons. The molecule has 9 heteroatoms. The Morgan fingerprint density at radius 3 is 2.67 bits per heavy atom. The van der Waals surface area contributed by atoms with Gasteiger partial charge in [-0.25, -0.2) is 9.97 Å². The first kappa shape index (κ1) is 23.5. The highest BCUT2D eigenvalue weighted by atomic mass is 16.5. The number of imidazole rings is 1. The Kier molecular flexibility index (Phi) is 5.97. The molecule has 1 aliphatic rings. The number of aromatic nitrogens is 7. The number of likely N-dealkylation sites (tertiary alicyclic amines) is 1. The van der Waals surface area contributed by atoms with Crippen LogP contribution in [-0.2, 0) is 0 Å². The summed E-state index contributed by atoms with van der Waals surface area (Å²) in [6.07, 6.45) is 9.76. The van der Waals surface area contributed by atoms with Crippen LogP contribution in [0.25, 0.3) is 56.0 Å². The summed E-state index contributed by atoms with van der Waals surface area (Å²) >= 11 is 0. The molecule has 0 aliphatic carbocycles. The summed E-state index contributed by atoms with van der Waals surface area (Å²) in [6, 6.07) is 14.3. The fourth-order valence-electron chi connectivity index (χ4n) is 5.23. The predicted octanol–water partition coefficient (Wildman–Crippen LogP) is 5.41. The van der Waals surface area contributed by atoms with E-state index in [-0.39, 0.29) is 0 Å². The van der Waals surface area contributed by atoms with Gasteiger partial charge in [-0.1, -0.05) is 29.8 Å². The summed E-state index contributed by atoms with van der Waals surface area (Å²) in [5, 5.41) is 7.66. The van der Waals surface area contributed by atoms with Crippen molar-refractivity contribution in [3.05, 3.63) is 72.8 Å². The standard InChI is InChI=1S/C30H28N8O/c1-19-5-4-6-20(13-19)23-17-32-18-26-27(23)35-30(34-26)29-28-25(36-37-29)8-7-24(33-28)21-14-22(16-31-15-21)39-12-11-38-9-2-3-10-38/h4-8,13-18H,2-3,9-12H2,1H3,(H,34,35)(H,36,37). The molecule has 1 aromatic carbocycles. The van der Waals surface area contributed by atoms with Gasteiger partial charge in [0.1, 0.15) is 17.9 Å². The largest absolute Gasteiger partial charge is 0.491 e. The Hall–Kier alpha value is -4.63. The van der Waals surface area contributed by atoms with Crippen LogP contribution in [0.15, 0.2) is 67.3 Å². The lowest BCUT2D eigenvalue weighted by molar-refractivity contribution is 0.237. The van der Waals surface area contributed by atoms with Crippen molar-refractivity contribution in [1.29, 1.82) is 0 Å². The van der Waals surface area contributed by atoms with Gasteiger partial charge in [-0.15, -0.1) is 0 Å². The number of H-pyrrole nitrogens is 2. The first-order valence-electron chi connectivity index (χ1n) is 13.3. The van der Waals surface area contributed by atoms with Crippen molar-refractivity contribution in [2.45, 2.75) is 19.8 Å². The van der Waals surface area contributed by atoms with Crippen molar-refractivity contribution >= 4 is 22.1 Å². The number of ether oxygens (including phenoxy) is 1. The number of nitrogens with zero attached hydrogens (tertiary/aromatic N) is 6. The van der Waals surface area contributed by atoms with E-state index in [4.69, 9.17) is 14.7 Å². The van der Waals surface area contributed by atoms with Crippen molar-refractivity contribution in [3.63, 3.8) is 0 Å². The molecule has 5 aromatic heterocycles. The number of rotatable bonds is 7. The minimum Gasteiger partial charge on any atom is -0.491 e. The molecule has 1 aliphatic heterocycles. The molecule has 0 amide bonds. The van der Waals surface area contributed by atoms with E-state index in [0.29, 0.717) is 18.1 Å². The second-order valence-corrected chi connectivity index (χ2v) is 10.0. The number of fused-ring (bicyclic) bond motifs is 2. The highest BCUT2D eigenvalue weighted by molar-refractivity contribution is 5.95. The highest BCUT2D eigenvalue weighted by Crippen LogP contribution is 2.32. The van der Waals surface area contributed by atoms with Crippen molar-refractivity contribution in [2.24, 2.45) is 0 Å². The second-order valence-electron chi connectivity index (χ2n) is 10.0. The van der Waals surface area contributed by atoms with Crippen LogP contribution >= 0.6 is 0 Å². The van der Waals surface area contributed by atoms with E-state index in [1.54, 1.807) is 12.4 Å². The van der Waals surface area contributed by atoms with Crippen LogP contribution < -0.4 is 4.74 Å². The van der Waals surface area contributed by atoms with Gasteiger partial charge in [-0.3, -0.25) is 20.0 Å². The van der Waals surface area contributed by atoms with Crippen LogP contribution in [0.1, 0.15) is 18.4 Å². The van der Waals surface area contributed by atoms with Gasteiger partial charge in [-0.05, 0) is 56.6 Å². The minimum atomic E-state index is 0.639. The van der Waals surface area contributed by atoms with E-state index in [1.807, 2.05) is 36.7 Å². The monoisotopic (exact) mass is 516 g/mol.